The van der Waals surface area contributed by atoms with Crippen molar-refractivity contribution in [1.82, 2.24) is 4.90 Å². The lowest BCUT2D eigenvalue weighted by molar-refractivity contribution is -0.140. The van der Waals surface area contributed by atoms with Gasteiger partial charge in [-0.25, -0.2) is 0 Å². The molecule has 0 aliphatic carbocycles. The Morgan fingerprint density at radius 3 is 2.95 bits per heavy atom. The summed E-state index contributed by atoms with van der Waals surface area (Å²) in [6, 6.07) is 8.64. The molecule has 2 unspecified atom stereocenters. The van der Waals surface area contributed by atoms with Crippen LogP contribution in [0.2, 0.25) is 0 Å². The molecule has 2 heterocycles. The molecule has 0 aromatic heterocycles. The summed E-state index contributed by atoms with van der Waals surface area (Å²) in [4.78, 5) is 2.44. The maximum Gasteiger partial charge on any atom is 0.0954 e. The van der Waals surface area contributed by atoms with Crippen LogP contribution in [0.1, 0.15) is 31.1 Å². The molecule has 0 amide bonds. The standard InChI is InChI=1S/C17H26N2O2/c1-17(2)12-19(10-14(9-18)21-17)11-16-15-6-4-3-5-13(15)7-8-20-16/h3-6,14,16H,7-12,18H2,1-2H3. The van der Waals surface area contributed by atoms with Crippen LogP contribution in [0.15, 0.2) is 24.3 Å². The Balaban J connectivity index is 1.72. The molecule has 1 aromatic rings. The van der Waals surface area contributed by atoms with Crippen LogP contribution in [-0.4, -0.2) is 49.4 Å². The first kappa shape index (κ1) is 15.0. The van der Waals surface area contributed by atoms with E-state index in [0.717, 1.165) is 32.7 Å². The fourth-order valence-electron chi connectivity index (χ4n) is 3.54. The van der Waals surface area contributed by atoms with E-state index in [1.807, 2.05) is 0 Å². The van der Waals surface area contributed by atoms with Crippen molar-refractivity contribution in [2.24, 2.45) is 5.73 Å². The van der Waals surface area contributed by atoms with Crippen molar-refractivity contribution in [2.75, 3.05) is 32.8 Å². The zero-order valence-corrected chi connectivity index (χ0v) is 13.0. The third kappa shape index (κ3) is 3.46. The third-order valence-electron chi connectivity index (χ3n) is 4.33. The Kier molecular flexibility index (Phi) is 4.31. The topological polar surface area (TPSA) is 47.7 Å². The van der Waals surface area contributed by atoms with Crippen LogP contribution < -0.4 is 5.73 Å². The summed E-state index contributed by atoms with van der Waals surface area (Å²) < 4.78 is 12.0. The number of benzene rings is 1. The average molecular weight is 290 g/mol. The Hall–Kier alpha value is -0.940. The van der Waals surface area contributed by atoms with Crippen molar-refractivity contribution in [3.05, 3.63) is 35.4 Å². The van der Waals surface area contributed by atoms with Crippen molar-refractivity contribution in [1.29, 1.82) is 0 Å². The van der Waals surface area contributed by atoms with E-state index in [0.29, 0.717) is 6.54 Å². The minimum atomic E-state index is -0.142. The number of fused-ring (bicyclic) bond motifs is 1. The Bertz CT molecular complexity index is 489. The van der Waals surface area contributed by atoms with E-state index in [4.69, 9.17) is 15.2 Å². The second kappa shape index (κ2) is 6.05. The summed E-state index contributed by atoms with van der Waals surface area (Å²) in [7, 11) is 0. The van der Waals surface area contributed by atoms with Gasteiger partial charge in [-0.3, -0.25) is 4.90 Å². The molecule has 1 saturated heterocycles. The maximum absolute atomic E-state index is 6.03. The molecular weight excluding hydrogens is 264 g/mol. The highest BCUT2D eigenvalue weighted by atomic mass is 16.5. The molecule has 3 rings (SSSR count). The molecule has 1 fully saturated rings. The Morgan fingerprint density at radius 1 is 1.33 bits per heavy atom. The van der Waals surface area contributed by atoms with E-state index in [1.54, 1.807) is 0 Å². The van der Waals surface area contributed by atoms with Gasteiger partial charge in [-0.05, 0) is 31.4 Å². The van der Waals surface area contributed by atoms with Crippen LogP contribution in [0.4, 0.5) is 0 Å². The van der Waals surface area contributed by atoms with Gasteiger partial charge in [-0.15, -0.1) is 0 Å². The molecular formula is C17H26N2O2. The number of nitrogens with two attached hydrogens (primary N) is 1. The summed E-state index contributed by atoms with van der Waals surface area (Å²) in [5.74, 6) is 0. The molecule has 2 atom stereocenters. The third-order valence-corrected chi connectivity index (χ3v) is 4.33. The zero-order chi connectivity index (χ0) is 14.9. The molecule has 0 saturated carbocycles. The zero-order valence-electron chi connectivity index (χ0n) is 13.0. The maximum atomic E-state index is 6.03. The van der Waals surface area contributed by atoms with Gasteiger partial charge in [0.25, 0.3) is 0 Å². The lowest BCUT2D eigenvalue weighted by atomic mass is 9.96. The van der Waals surface area contributed by atoms with E-state index in [-0.39, 0.29) is 17.8 Å². The van der Waals surface area contributed by atoms with Gasteiger partial charge in [0.1, 0.15) is 0 Å². The van der Waals surface area contributed by atoms with Crippen LogP contribution in [-0.2, 0) is 15.9 Å². The van der Waals surface area contributed by atoms with Crippen molar-refractivity contribution in [3.8, 4) is 0 Å². The highest BCUT2D eigenvalue weighted by molar-refractivity contribution is 5.31. The molecule has 2 N–H and O–H groups in total. The van der Waals surface area contributed by atoms with Crippen LogP contribution in [0.25, 0.3) is 0 Å². The minimum absolute atomic E-state index is 0.118. The number of ether oxygens (including phenoxy) is 2. The number of rotatable bonds is 3. The van der Waals surface area contributed by atoms with E-state index in [9.17, 15) is 0 Å². The molecule has 4 nitrogen and oxygen atoms in total. The van der Waals surface area contributed by atoms with E-state index >= 15 is 0 Å². The Labute approximate surface area is 127 Å². The van der Waals surface area contributed by atoms with Crippen LogP contribution in [0.5, 0.6) is 0 Å². The van der Waals surface area contributed by atoms with E-state index in [2.05, 4.69) is 43.0 Å². The summed E-state index contributed by atoms with van der Waals surface area (Å²) in [6.45, 7) is 8.39. The second-order valence-corrected chi connectivity index (χ2v) is 6.74. The van der Waals surface area contributed by atoms with Crippen LogP contribution in [0, 0.1) is 0 Å². The van der Waals surface area contributed by atoms with Crippen molar-refractivity contribution < 1.29 is 9.47 Å². The van der Waals surface area contributed by atoms with Gasteiger partial charge in [0.15, 0.2) is 0 Å². The molecule has 21 heavy (non-hydrogen) atoms. The van der Waals surface area contributed by atoms with E-state index < -0.39 is 0 Å². The molecule has 0 radical (unpaired) electrons. The number of morpholine rings is 1. The number of nitrogens with zero attached hydrogens (tertiary/aromatic N) is 1. The molecule has 116 valence electrons. The molecule has 1 aromatic carbocycles. The lowest BCUT2D eigenvalue weighted by Crippen LogP contribution is -2.55. The average Bonchev–Trinajstić information content (AvgIpc) is 2.46. The predicted molar refractivity (Wildman–Crippen MR) is 83.3 cm³/mol. The number of hydrogen-bond acceptors (Lipinski definition) is 4. The summed E-state index contributed by atoms with van der Waals surface area (Å²) >= 11 is 0. The van der Waals surface area contributed by atoms with Gasteiger partial charge >= 0.3 is 0 Å². The minimum Gasteiger partial charge on any atom is -0.372 e. The van der Waals surface area contributed by atoms with Crippen molar-refractivity contribution in [3.63, 3.8) is 0 Å². The normalized spacial score (nSPS) is 29.1. The van der Waals surface area contributed by atoms with Gasteiger partial charge in [-0.1, -0.05) is 24.3 Å². The highest BCUT2D eigenvalue weighted by Crippen LogP contribution is 2.29. The van der Waals surface area contributed by atoms with Gasteiger partial charge in [0, 0.05) is 26.2 Å². The predicted octanol–water partition coefficient (Wildman–Crippen LogP) is 1.74. The lowest BCUT2D eigenvalue weighted by Gasteiger charge is -2.44. The first-order valence-electron chi connectivity index (χ1n) is 7.87. The summed E-state index contributed by atoms with van der Waals surface area (Å²) in [5.41, 5.74) is 8.44. The second-order valence-electron chi connectivity index (χ2n) is 6.74. The van der Waals surface area contributed by atoms with Gasteiger partial charge in [-0.2, -0.15) is 0 Å². The smallest absolute Gasteiger partial charge is 0.0954 e. The first-order valence-corrected chi connectivity index (χ1v) is 7.87. The van der Waals surface area contributed by atoms with Gasteiger partial charge in [0.2, 0.25) is 0 Å². The number of hydrogen-bond donors (Lipinski definition) is 1. The molecule has 4 heteroatoms. The molecule has 2 aliphatic heterocycles. The molecule has 0 bridgehead atoms. The fourth-order valence-corrected chi connectivity index (χ4v) is 3.54. The largest absolute Gasteiger partial charge is 0.372 e. The van der Waals surface area contributed by atoms with Crippen molar-refractivity contribution >= 4 is 0 Å². The fraction of sp³-hybridized carbons (Fsp3) is 0.647. The van der Waals surface area contributed by atoms with E-state index in [1.165, 1.54) is 11.1 Å². The summed E-state index contributed by atoms with van der Waals surface area (Å²) in [6.07, 6.45) is 1.31. The SMILES string of the molecule is CC1(C)CN(CC2OCCc3ccccc32)CC(CN)O1. The molecule has 2 aliphatic rings. The first-order chi connectivity index (χ1) is 10.1. The van der Waals surface area contributed by atoms with Crippen LogP contribution >= 0.6 is 0 Å². The van der Waals surface area contributed by atoms with Gasteiger partial charge in [0.05, 0.1) is 24.4 Å². The highest BCUT2D eigenvalue weighted by Gasteiger charge is 2.34. The quantitative estimate of drug-likeness (QED) is 0.921. The monoisotopic (exact) mass is 290 g/mol. The summed E-state index contributed by atoms with van der Waals surface area (Å²) in [5, 5.41) is 0. The van der Waals surface area contributed by atoms with Crippen LogP contribution in [0.3, 0.4) is 0 Å². The van der Waals surface area contributed by atoms with Gasteiger partial charge < -0.3 is 15.2 Å². The Morgan fingerprint density at radius 2 is 2.14 bits per heavy atom. The van der Waals surface area contributed by atoms with Crippen molar-refractivity contribution in [2.45, 2.75) is 38.1 Å². The molecule has 0 spiro atoms.